The van der Waals surface area contributed by atoms with Crippen LogP contribution in [-0.2, 0) is 26.7 Å². The van der Waals surface area contributed by atoms with Gasteiger partial charge in [0.2, 0.25) is 0 Å². The Hall–Kier alpha value is -2.18. The Kier molecular flexibility index (Phi) is 10.2. The molecule has 0 unspecified atom stereocenters. The zero-order valence-corrected chi connectivity index (χ0v) is 24.1. The van der Waals surface area contributed by atoms with E-state index in [4.69, 9.17) is 19.6 Å². The Morgan fingerprint density at radius 3 is 1.92 bits per heavy atom. The number of piperidine rings is 1. The number of benzene rings is 2. The molecule has 0 aliphatic carbocycles. The number of nitrogens with zero attached hydrogens (tertiary/aromatic N) is 1. The van der Waals surface area contributed by atoms with Crippen molar-refractivity contribution in [2.75, 3.05) is 37.9 Å². The van der Waals surface area contributed by atoms with Crippen molar-refractivity contribution in [3.8, 4) is 5.75 Å². The number of hydrogen-bond donors (Lipinski definition) is 3. The van der Waals surface area contributed by atoms with E-state index < -0.39 is 20.2 Å². The van der Waals surface area contributed by atoms with E-state index >= 15 is 0 Å². The summed E-state index contributed by atoms with van der Waals surface area (Å²) < 4.78 is 58.3. The fourth-order valence-corrected chi connectivity index (χ4v) is 4.93. The summed E-state index contributed by atoms with van der Waals surface area (Å²) in [6.45, 7) is 11.9. The van der Waals surface area contributed by atoms with E-state index in [1.54, 1.807) is 0 Å². The maximum atomic E-state index is 9.19. The first-order valence-corrected chi connectivity index (χ1v) is 15.8. The lowest BCUT2D eigenvalue weighted by Crippen LogP contribution is -2.47. The van der Waals surface area contributed by atoms with Crippen molar-refractivity contribution in [2.45, 2.75) is 58.5 Å². The Balaban J connectivity index is 0.000000412. The molecule has 0 radical (unpaired) electrons. The highest BCUT2D eigenvalue weighted by Crippen LogP contribution is 2.44. The number of rotatable bonds is 3. The summed E-state index contributed by atoms with van der Waals surface area (Å²) in [5, 5.41) is 0. The third-order valence-electron chi connectivity index (χ3n) is 6.75. The van der Waals surface area contributed by atoms with Crippen LogP contribution < -0.4 is 10.5 Å². The lowest BCUT2D eigenvalue weighted by molar-refractivity contribution is 0.0523. The Labute approximate surface area is 221 Å². The van der Waals surface area contributed by atoms with Crippen LogP contribution in [0.2, 0.25) is 0 Å². The minimum absolute atomic E-state index is 0.155. The summed E-state index contributed by atoms with van der Waals surface area (Å²) in [5.74, 6) is 1.78. The normalized spacial score (nSPS) is 20.1. The quantitative estimate of drug-likeness (QED) is 0.379. The molecular weight excluding hydrogens is 516 g/mol. The third-order valence-corrected chi connectivity index (χ3v) is 6.75. The van der Waals surface area contributed by atoms with Crippen molar-refractivity contribution in [3.63, 3.8) is 0 Å². The van der Waals surface area contributed by atoms with E-state index in [9.17, 15) is 16.8 Å². The molecule has 2 aliphatic rings. The molecule has 37 heavy (non-hydrogen) atoms. The van der Waals surface area contributed by atoms with Crippen LogP contribution in [0.15, 0.2) is 30.3 Å². The molecule has 1 saturated heterocycles. The largest absolute Gasteiger partial charge is 0.485 e. The zero-order chi connectivity index (χ0) is 28.2. The molecule has 4 N–H and O–H groups in total. The van der Waals surface area contributed by atoms with Gasteiger partial charge in [-0.15, -0.1) is 0 Å². The number of ether oxygens (including phenoxy) is 1. The molecule has 4 rings (SSSR count). The van der Waals surface area contributed by atoms with Crippen LogP contribution >= 0.6 is 0 Å². The van der Waals surface area contributed by atoms with Crippen molar-refractivity contribution in [1.82, 2.24) is 4.90 Å². The molecule has 9 nitrogen and oxygen atoms in total. The van der Waals surface area contributed by atoms with Gasteiger partial charge in [0.25, 0.3) is 20.2 Å². The first-order chi connectivity index (χ1) is 16.9. The molecule has 0 spiro atoms. The number of nitrogen functional groups attached to an aromatic ring is 1. The van der Waals surface area contributed by atoms with Crippen molar-refractivity contribution in [1.29, 1.82) is 0 Å². The zero-order valence-electron chi connectivity index (χ0n) is 22.5. The van der Waals surface area contributed by atoms with Crippen molar-refractivity contribution < 1.29 is 30.7 Å². The van der Waals surface area contributed by atoms with Gasteiger partial charge >= 0.3 is 0 Å². The molecule has 2 aromatic carbocycles. The van der Waals surface area contributed by atoms with Crippen LogP contribution in [-0.4, -0.2) is 68.6 Å². The summed E-state index contributed by atoms with van der Waals surface area (Å²) in [5.41, 5.74) is 13.5. The summed E-state index contributed by atoms with van der Waals surface area (Å²) in [7, 11) is -7.33. The highest BCUT2D eigenvalue weighted by atomic mass is 32.2. The molecule has 2 heterocycles. The van der Waals surface area contributed by atoms with Crippen LogP contribution in [0.1, 0.15) is 53.5 Å². The van der Waals surface area contributed by atoms with E-state index in [1.165, 1.54) is 40.7 Å². The highest BCUT2D eigenvalue weighted by Gasteiger charge is 2.39. The first kappa shape index (κ1) is 31.0. The fraction of sp³-hybridized carbons (Fsp3) is 0.538. The Morgan fingerprint density at radius 2 is 1.43 bits per heavy atom. The SMILES string of the molecule is CS(=O)(=O)O.CS(=O)(=O)O.Cc1c(C)c2c(c(C)c1N)C[C@@](C)(CN1CCC(c3ccccc3)CC1)O2. The second-order valence-corrected chi connectivity index (χ2v) is 13.2. The molecular formula is C26H40N2O7S2. The molecule has 11 heteroatoms. The summed E-state index contributed by atoms with van der Waals surface area (Å²) >= 11 is 0. The Morgan fingerprint density at radius 1 is 0.946 bits per heavy atom. The molecule has 2 aliphatic heterocycles. The third kappa shape index (κ3) is 9.90. The van der Waals surface area contributed by atoms with Crippen molar-refractivity contribution in [3.05, 3.63) is 58.1 Å². The minimum Gasteiger partial charge on any atom is -0.485 e. The highest BCUT2D eigenvalue weighted by molar-refractivity contribution is 7.85. The average Bonchev–Trinajstić information content (AvgIpc) is 3.12. The number of fused-ring (bicyclic) bond motifs is 1. The van der Waals surface area contributed by atoms with Gasteiger partial charge in [-0.1, -0.05) is 30.3 Å². The fourth-order valence-electron chi connectivity index (χ4n) is 4.93. The van der Waals surface area contributed by atoms with Gasteiger partial charge in [0.1, 0.15) is 11.4 Å². The molecule has 0 amide bonds. The molecule has 0 aromatic heterocycles. The molecule has 1 atom stereocenters. The van der Waals surface area contributed by atoms with Crippen LogP contribution in [0.4, 0.5) is 5.69 Å². The summed E-state index contributed by atoms with van der Waals surface area (Å²) in [6.07, 6.45) is 4.85. The van der Waals surface area contributed by atoms with E-state index in [-0.39, 0.29) is 5.60 Å². The van der Waals surface area contributed by atoms with Gasteiger partial charge < -0.3 is 10.5 Å². The van der Waals surface area contributed by atoms with Gasteiger partial charge in [-0.2, -0.15) is 16.8 Å². The van der Waals surface area contributed by atoms with Gasteiger partial charge in [0.15, 0.2) is 0 Å². The summed E-state index contributed by atoms with van der Waals surface area (Å²) in [4.78, 5) is 2.59. The van der Waals surface area contributed by atoms with E-state index in [0.29, 0.717) is 18.4 Å². The lowest BCUT2D eigenvalue weighted by atomic mass is 9.88. The topological polar surface area (TPSA) is 147 Å². The smallest absolute Gasteiger partial charge is 0.261 e. The second-order valence-electron chi connectivity index (χ2n) is 10.3. The van der Waals surface area contributed by atoms with Gasteiger partial charge in [0.05, 0.1) is 12.5 Å². The van der Waals surface area contributed by atoms with E-state index in [1.807, 2.05) is 0 Å². The predicted octanol–water partition coefficient (Wildman–Crippen LogP) is 3.78. The van der Waals surface area contributed by atoms with Crippen LogP contribution in [0.3, 0.4) is 0 Å². The standard InChI is InChI=1S/C24H32N2O.2CH4O3S/c1-16-17(2)23-21(18(3)22(16)25)14-24(4,27-23)15-26-12-10-20(11-13-26)19-8-6-5-7-9-19;2*1-5(2,3)4/h5-9,20H,10-15,25H2,1-4H3;2*1H3,(H,2,3,4)/t24-;;/m0../s1. The van der Waals surface area contributed by atoms with E-state index in [0.717, 1.165) is 37.5 Å². The van der Waals surface area contributed by atoms with E-state index in [2.05, 4.69) is 62.9 Å². The maximum Gasteiger partial charge on any atom is 0.261 e. The number of likely N-dealkylation sites (tertiary alicyclic amines) is 1. The average molecular weight is 557 g/mol. The molecule has 1 fully saturated rings. The van der Waals surface area contributed by atoms with Crippen LogP contribution in [0.5, 0.6) is 5.75 Å². The van der Waals surface area contributed by atoms with Crippen molar-refractivity contribution in [2.24, 2.45) is 0 Å². The summed E-state index contributed by atoms with van der Waals surface area (Å²) in [6, 6.07) is 11.0. The van der Waals surface area contributed by atoms with Crippen LogP contribution in [0, 0.1) is 20.8 Å². The molecule has 0 bridgehead atoms. The van der Waals surface area contributed by atoms with Crippen LogP contribution in [0.25, 0.3) is 0 Å². The van der Waals surface area contributed by atoms with Crippen molar-refractivity contribution >= 4 is 25.9 Å². The second kappa shape index (κ2) is 12.1. The molecule has 208 valence electrons. The molecule has 0 saturated carbocycles. The minimum atomic E-state index is -3.67. The van der Waals surface area contributed by atoms with Gasteiger partial charge in [-0.25, -0.2) is 0 Å². The lowest BCUT2D eigenvalue weighted by Gasteiger charge is -2.37. The van der Waals surface area contributed by atoms with Gasteiger partial charge in [-0.3, -0.25) is 14.0 Å². The van der Waals surface area contributed by atoms with Gasteiger partial charge in [0, 0.05) is 24.2 Å². The number of anilines is 1. The first-order valence-electron chi connectivity index (χ1n) is 12.1. The number of nitrogens with two attached hydrogens (primary N) is 1. The number of hydrogen-bond acceptors (Lipinski definition) is 7. The predicted molar refractivity (Wildman–Crippen MR) is 148 cm³/mol. The Bertz CT molecular complexity index is 1200. The maximum absolute atomic E-state index is 9.19. The monoisotopic (exact) mass is 556 g/mol. The van der Waals surface area contributed by atoms with Gasteiger partial charge in [-0.05, 0) is 81.8 Å². The molecule has 2 aromatic rings.